The fourth-order valence-electron chi connectivity index (χ4n) is 2.08. The Morgan fingerprint density at radius 1 is 1.63 bits per heavy atom. The van der Waals surface area contributed by atoms with Crippen LogP contribution in [0.5, 0.6) is 0 Å². The molecule has 106 valence electrons. The van der Waals surface area contributed by atoms with Crippen molar-refractivity contribution in [3.8, 4) is 0 Å². The van der Waals surface area contributed by atoms with Gasteiger partial charge in [0, 0.05) is 23.1 Å². The van der Waals surface area contributed by atoms with Crippen LogP contribution in [0, 0.1) is 5.82 Å². The molecule has 0 bridgehead atoms. The third-order valence-corrected chi connectivity index (χ3v) is 4.03. The Bertz CT molecular complexity index is 456. The van der Waals surface area contributed by atoms with Gasteiger partial charge in [0.2, 0.25) is 5.91 Å². The summed E-state index contributed by atoms with van der Waals surface area (Å²) in [4.78, 5) is 12.4. The lowest BCUT2D eigenvalue weighted by atomic mass is 10.0. The summed E-state index contributed by atoms with van der Waals surface area (Å²) >= 11 is 1.51. The fourth-order valence-corrected chi connectivity index (χ4v) is 3.22. The number of rotatable bonds is 3. The van der Waals surface area contributed by atoms with Crippen LogP contribution in [0.25, 0.3) is 0 Å². The van der Waals surface area contributed by atoms with Crippen molar-refractivity contribution in [1.82, 2.24) is 5.32 Å². The average Bonchev–Trinajstić information content (AvgIpc) is 2.29. The van der Waals surface area contributed by atoms with Crippen LogP contribution in [0.3, 0.4) is 0 Å². The number of halogens is 2. The smallest absolute Gasteiger partial charge is 0.222 e. The van der Waals surface area contributed by atoms with Crippen LogP contribution in [-0.2, 0) is 4.79 Å². The molecule has 3 nitrogen and oxygen atoms in total. The topological polar surface area (TPSA) is 55.1 Å². The highest BCUT2D eigenvalue weighted by molar-refractivity contribution is 7.99. The molecular weight excluding hydrogens is 287 g/mol. The van der Waals surface area contributed by atoms with E-state index in [-0.39, 0.29) is 36.2 Å². The van der Waals surface area contributed by atoms with Crippen molar-refractivity contribution in [3.63, 3.8) is 0 Å². The predicted molar refractivity (Wildman–Crippen MR) is 78.1 cm³/mol. The standard InChI is InChI=1S/C13H17FN2OS.ClH/c1-8(15)7-12(17)16-11-5-6-18-13-9(11)3-2-4-10(13)14;/h2-4,8,11H,5-7,15H2,1H3,(H,16,17);1H. The zero-order valence-electron chi connectivity index (χ0n) is 10.7. The van der Waals surface area contributed by atoms with E-state index in [0.29, 0.717) is 11.3 Å². The van der Waals surface area contributed by atoms with Gasteiger partial charge < -0.3 is 11.1 Å². The first-order valence-corrected chi connectivity index (χ1v) is 7.02. The van der Waals surface area contributed by atoms with Crippen molar-refractivity contribution in [3.05, 3.63) is 29.6 Å². The van der Waals surface area contributed by atoms with Gasteiger partial charge in [-0.15, -0.1) is 24.2 Å². The van der Waals surface area contributed by atoms with Crippen molar-refractivity contribution >= 4 is 30.1 Å². The predicted octanol–water partition coefficient (Wildman–Crippen LogP) is 2.64. The van der Waals surface area contributed by atoms with Crippen LogP contribution in [0.2, 0.25) is 0 Å². The molecule has 0 aromatic heterocycles. The van der Waals surface area contributed by atoms with Crippen LogP contribution >= 0.6 is 24.2 Å². The van der Waals surface area contributed by atoms with E-state index >= 15 is 0 Å². The first-order chi connectivity index (χ1) is 8.58. The van der Waals surface area contributed by atoms with E-state index in [1.54, 1.807) is 13.0 Å². The number of carbonyl (C=O) groups is 1. The van der Waals surface area contributed by atoms with Crippen molar-refractivity contribution in [2.24, 2.45) is 5.73 Å². The quantitative estimate of drug-likeness (QED) is 0.902. The van der Waals surface area contributed by atoms with E-state index in [1.165, 1.54) is 17.8 Å². The van der Waals surface area contributed by atoms with Crippen LogP contribution in [0.15, 0.2) is 23.1 Å². The number of thioether (sulfide) groups is 1. The summed E-state index contributed by atoms with van der Waals surface area (Å²) in [7, 11) is 0. The summed E-state index contributed by atoms with van der Waals surface area (Å²) in [5.41, 5.74) is 6.47. The van der Waals surface area contributed by atoms with E-state index in [1.807, 2.05) is 6.07 Å². The number of benzene rings is 1. The monoisotopic (exact) mass is 304 g/mol. The minimum absolute atomic E-state index is 0. The summed E-state index contributed by atoms with van der Waals surface area (Å²) < 4.78 is 13.6. The molecule has 1 aliphatic heterocycles. The Labute approximate surface area is 122 Å². The maximum atomic E-state index is 13.6. The second-order valence-corrected chi connectivity index (χ2v) is 5.70. The third-order valence-electron chi connectivity index (χ3n) is 2.87. The molecule has 1 amide bonds. The Morgan fingerprint density at radius 2 is 2.37 bits per heavy atom. The molecule has 1 aliphatic rings. The fraction of sp³-hybridized carbons (Fsp3) is 0.462. The number of amides is 1. The van der Waals surface area contributed by atoms with Gasteiger partial charge in [-0.05, 0) is 25.0 Å². The zero-order valence-corrected chi connectivity index (χ0v) is 12.3. The van der Waals surface area contributed by atoms with Crippen LogP contribution < -0.4 is 11.1 Å². The number of hydrogen-bond donors (Lipinski definition) is 2. The largest absolute Gasteiger partial charge is 0.349 e. The van der Waals surface area contributed by atoms with Gasteiger partial charge in [-0.25, -0.2) is 4.39 Å². The highest BCUT2D eigenvalue weighted by Gasteiger charge is 2.24. The van der Waals surface area contributed by atoms with Crippen LogP contribution in [0.1, 0.15) is 31.4 Å². The average molecular weight is 305 g/mol. The number of fused-ring (bicyclic) bond motifs is 1. The maximum Gasteiger partial charge on any atom is 0.222 e. The lowest BCUT2D eigenvalue weighted by Gasteiger charge is -2.26. The van der Waals surface area contributed by atoms with E-state index in [9.17, 15) is 9.18 Å². The molecule has 0 spiro atoms. The van der Waals surface area contributed by atoms with Crippen LogP contribution in [-0.4, -0.2) is 17.7 Å². The molecular formula is C13H18ClFN2OS. The summed E-state index contributed by atoms with van der Waals surface area (Å²) in [5.74, 6) is 0.539. The van der Waals surface area contributed by atoms with Crippen LogP contribution in [0.4, 0.5) is 4.39 Å². The normalized spacial score (nSPS) is 19.0. The first-order valence-electron chi connectivity index (χ1n) is 6.04. The third kappa shape index (κ3) is 4.09. The lowest BCUT2D eigenvalue weighted by Crippen LogP contribution is -2.34. The number of carbonyl (C=O) groups excluding carboxylic acids is 1. The Kier molecular flexibility index (Phi) is 6.10. The van der Waals surface area contributed by atoms with E-state index in [0.717, 1.165) is 17.7 Å². The van der Waals surface area contributed by atoms with Crippen molar-refractivity contribution in [2.45, 2.75) is 36.7 Å². The summed E-state index contributed by atoms with van der Waals surface area (Å²) in [6.45, 7) is 1.80. The molecule has 2 atom stereocenters. The van der Waals surface area contributed by atoms with Gasteiger partial charge in [0.15, 0.2) is 0 Å². The van der Waals surface area contributed by atoms with Crippen molar-refractivity contribution in [1.29, 1.82) is 0 Å². The second kappa shape index (κ2) is 7.12. The molecule has 0 aliphatic carbocycles. The Hall–Kier alpha value is -0.780. The first kappa shape index (κ1) is 16.3. The zero-order chi connectivity index (χ0) is 13.1. The molecule has 0 saturated heterocycles. The Balaban J connectivity index is 0.00000180. The van der Waals surface area contributed by atoms with Gasteiger partial charge in [-0.1, -0.05) is 12.1 Å². The molecule has 0 fully saturated rings. The molecule has 1 heterocycles. The molecule has 3 N–H and O–H groups in total. The molecule has 2 rings (SSSR count). The van der Waals surface area contributed by atoms with E-state index in [2.05, 4.69) is 5.32 Å². The van der Waals surface area contributed by atoms with Gasteiger partial charge in [-0.3, -0.25) is 4.79 Å². The van der Waals surface area contributed by atoms with Gasteiger partial charge in [0.25, 0.3) is 0 Å². The van der Waals surface area contributed by atoms with Gasteiger partial charge in [-0.2, -0.15) is 0 Å². The van der Waals surface area contributed by atoms with Gasteiger partial charge in [0.1, 0.15) is 5.82 Å². The maximum absolute atomic E-state index is 13.6. The summed E-state index contributed by atoms with van der Waals surface area (Å²) in [6.07, 6.45) is 1.13. The number of hydrogen-bond acceptors (Lipinski definition) is 3. The van der Waals surface area contributed by atoms with Crippen molar-refractivity contribution in [2.75, 3.05) is 5.75 Å². The minimum atomic E-state index is -0.205. The molecule has 19 heavy (non-hydrogen) atoms. The van der Waals surface area contributed by atoms with Gasteiger partial charge >= 0.3 is 0 Å². The number of nitrogens with one attached hydrogen (secondary N) is 1. The molecule has 1 aromatic rings. The molecule has 2 unspecified atom stereocenters. The highest BCUT2D eigenvalue weighted by atomic mass is 35.5. The number of nitrogens with two attached hydrogens (primary N) is 1. The van der Waals surface area contributed by atoms with Gasteiger partial charge in [0.05, 0.1) is 6.04 Å². The molecule has 6 heteroatoms. The Morgan fingerprint density at radius 3 is 3.05 bits per heavy atom. The minimum Gasteiger partial charge on any atom is -0.349 e. The summed E-state index contributed by atoms with van der Waals surface area (Å²) in [6, 6.07) is 4.77. The lowest BCUT2D eigenvalue weighted by molar-refractivity contribution is -0.122. The highest BCUT2D eigenvalue weighted by Crippen LogP contribution is 2.37. The SMILES string of the molecule is CC(N)CC(=O)NC1CCSc2c(F)cccc21.Cl. The second-order valence-electron chi connectivity index (χ2n) is 4.60. The molecule has 0 saturated carbocycles. The van der Waals surface area contributed by atoms with E-state index in [4.69, 9.17) is 5.73 Å². The van der Waals surface area contributed by atoms with E-state index < -0.39 is 0 Å². The summed E-state index contributed by atoms with van der Waals surface area (Å²) in [5, 5.41) is 2.93. The molecule has 1 aromatic carbocycles. The van der Waals surface area contributed by atoms with Crippen molar-refractivity contribution < 1.29 is 9.18 Å². The molecule has 0 radical (unpaired) electrons.